The highest BCUT2D eigenvalue weighted by Crippen LogP contribution is 2.06. The van der Waals surface area contributed by atoms with Gasteiger partial charge in [0.2, 0.25) is 0 Å². The summed E-state index contributed by atoms with van der Waals surface area (Å²) >= 11 is 0. The van der Waals surface area contributed by atoms with Crippen molar-refractivity contribution >= 4 is 0 Å². The minimum Gasteiger partial charge on any atom is -0.390 e. The highest BCUT2D eigenvalue weighted by molar-refractivity contribution is 5.15. The van der Waals surface area contributed by atoms with Crippen molar-refractivity contribution in [3.05, 3.63) is 66.0 Å². The molecule has 0 aliphatic rings. The van der Waals surface area contributed by atoms with E-state index >= 15 is 0 Å². The molecule has 0 unspecified atom stereocenters. The van der Waals surface area contributed by atoms with E-state index in [1.165, 1.54) is 17.5 Å². The van der Waals surface area contributed by atoms with Crippen molar-refractivity contribution in [3.63, 3.8) is 0 Å². The van der Waals surface area contributed by atoms with Crippen LogP contribution in [-0.4, -0.2) is 11.7 Å². The zero-order valence-corrected chi connectivity index (χ0v) is 10.6. The van der Waals surface area contributed by atoms with Crippen LogP contribution in [0.25, 0.3) is 0 Å². The highest BCUT2D eigenvalue weighted by atomic mass is 16.3. The molecule has 1 aromatic heterocycles. The van der Waals surface area contributed by atoms with Gasteiger partial charge < -0.3 is 5.11 Å². The van der Waals surface area contributed by atoms with Crippen molar-refractivity contribution in [2.24, 2.45) is 0 Å². The zero-order chi connectivity index (χ0) is 12.6. The fourth-order valence-corrected chi connectivity index (χ4v) is 2.06. The summed E-state index contributed by atoms with van der Waals surface area (Å²) in [6.45, 7) is 0.863. The molecule has 2 heteroatoms. The van der Waals surface area contributed by atoms with Crippen molar-refractivity contribution in [1.82, 2.24) is 0 Å². The Morgan fingerprint density at radius 2 is 1.44 bits per heavy atom. The summed E-state index contributed by atoms with van der Waals surface area (Å²) in [7, 11) is 0. The van der Waals surface area contributed by atoms with E-state index in [1.807, 2.05) is 17.0 Å². The van der Waals surface area contributed by atoms with E-state index in [-0.39, 0.29) is 6.61 Å². The maximum Gasteiger partial charge on any atom is 0.171 e. The van der Waals surface area contributed by atoms with Gasteiger partial charge in [-0.1, -0.05) is 30.3 Å². The summed E-state index contributed by atoms with van der Waals surface area (Å²) in [6, 6.07) is 14.9. The summed E-state index contributed by atoms with van der Waals surface area (Å²) in [4.78, 5) is 0. The number of aliphatic hydroxyl groups is 1. The van der Waals surface area contributed by atoms with Gasteiger partial charge in [-0.25, -0.2) is 4.57 Å². The maximum absolute atomic E-state index is 8.84. The third kappa shape index (κ3) is 3.97. The molecule has 0 amide bonds. The quantitative estimate of drug-likeness (QED) is 0.771. The van der Waals surface area contributed by atoms with Crippen LogP contribution >= 0.6 is 0 Å². The van der Waals surface area contributed by atoms with Crippen molar-refractivity contribution in [2.45, 2.75) is 25.8 Å². The molecular weight excluding hydrogens is 222 g/mol. The lowest BCUT2D eigenvalue weighted by atomic mass is 10.1. The number of hydrogen-bond acceptors (Lipinski definition) is 1. The number of benzene rings is 1. The summed E-state index contributed by atoms with van der Waals surface area (Å²) in [6.07, 6.45) is 7.48. The second kappa shape index (κ2) is 6.92. The van der Waals surface area contributed by atoms with Gasteiger partial charge in [-0.05, 0) is 30.4 Å². The standard InChI is InChI=1S/C16H20NO/c18-14-13-17-11-9-16(10-12-17)8-4-7-15-5-2-1-3-6-15/h1-3,5-6,9-12,18H,4,7-8,13-14H2/q+1. The molecule has 1 heterocycles. The first-order valence-corrected chi connectivity index (χ1v) is 6.51. The van der Waals surface area contributed by atoms with E-state index in [9.17, 15) is 0 Å². The van der Waals surface area contributed by atoms with Crippen molar-refractivity contribution in [3.8, 4) is 0 Å². The highest BCUT2D eigenvalue weighted by Gasteiger charge is 2.00. The topological polar surface area (TPSA) is 24.1 Å². The first-order valence-electron chi connectivity index (χ1n) is 6.51. The maximum atomic E-state index is 8.84. The average Bonchev–Trinajstić information content (AvgIpc) is 2.42. The first kappa shape index (κ1) is 12.8. The van der Waals surface area contributed by atoms with Gasteiger partial charge >= 0.3 is 0 Å². The zero-order valence-electron chi connectivity index (χ0n) is 10.6. The van der Waals surface area contributed by atoms with Crippen LogP contribution in [0.3, 0.4) is 0 Å². The Morgan fingerprint density at radius 1 is 0.833 bits per heavy atom. The summed E-state index contributed by atoms with van der Waals surface area (Å²) in [5.74, 6) is 0. The molecule has 0 bridgehead atoms. The van der Waals surface area contributed by atoms with Crippen LogP contribution in [0.15, 0.2) is 54.9 Å². The number of hydrogen-bond donors (Lipinski definition) is 1. The Balaban J connectivity index is 1.80. The Labute approximate surface area is 109 Å². The molecule has 94 valence electrons. The molecule has 0 fully saturated rings. The van der Waals surface area contributed by atoms with E-state index in [0.717, 1.165) is 12.8 Å². The third-order valence-corrected chi connectivity index (χ3v) is 3.09. The summed E-state index contributed by atoms with van der Waals surface area (Å²) in [5, 5.41) is 8.84. The van der Waals surface area contributed by atoms with E-state index in [0.29, 0.717) is 6.54 Å². The molecular formula is C16H20NO+. The monoisotopic (exact) mass is 242 g/mol. The third-order valence-electron chi connectivity index (χ3n) is 3.09. The lowest BCUT2D eigenvalue weighted by Gasteiger charge is -2.02. The number of aliphatic hydroxyl groups excluding tert-OH is 1. The average molecular weight is 242 g/mol. The number of pyridine rings is 1. The van der Waals surface area contributed by atoms with E-state index in [4.69, 9.17) is 5.11 Å². The van der Waals surface area contributed by atoms with E-state index in [2.05, 4.69) is 42.5 Å². The first-order chi connectivity index (χ1) is 8.88. The van der Waals surface area contributed by atoms with Gasteiger partial charge in [0.05, 0.1) is 0 Å². The largest absolute Gasteiger partial charge is 0.390 e. The minimum absolute atomic E-state index is 0.192. The second-order valence-corrected chi connectivity index (χ2v) is 4.51. The molecule has 2 rings (SSSR count). The fourth-order valence-electron chi connectivity index (χ4n) is 2.06. The normalized spacial score (nSPS) is 10.5. The number of aromatic nitrogens is 1. The molecule has 0 aliphatic carbocycles. The molecule has 0 saturated heterocycles. The predicted molar refractivity (Wildman–Crippen MR) is 72.2 cm³/mol. The minimum atomic E-state index is 0.192. The van der Waals surface area contributed by atoms with Gasteiger partial charge in [0.1, 0.15) is 6.61 Å². The van der Waals surface area contributed by atoms with Crippen LogP contribution in [-0.2, 0) is 19.4 Å². The van der Waals surface area contributed by atoms with Crippen LogP contribution in [0.4, 0.5) is 0 Å². The molecule has 0 radical (unpaired) electrons. The van der Waals surface area contributed by atoms with E-state index in [1.54, 1.807) is 0 Å². The lowest BCUT2D eigenvalue weighted by Crippen LogP contribution is -2.34. The molecule has 18 heavy (non-hydrogen) atoms. The Bertz CT molecular complexity index is 450. The van der Waals surface area contributed by atoms with Crippen LogP contribution in [0.2, 0.25) is 0 Å². The van der Waals surface area contributed by atoms with Gasteiger partial charge in [-0.3, -0.25) is 0 Å². The summed E-state index contributed by atoms with van der Waals surface area (Å²) in [5.41, 5.74) is 2.77. The van der Waals surface area contributed by atoms with Crippen molar-refractivity contribution < 1.29 is 9.67 Å². The molecule has 0 saturated carbocycles. The van der Waals surface area contributed by atoms with Gasteiger partial charge in [0.25, 0.3) is 0 Å². The van der Waals surface area contributed by atoms with Crippen LogP contribution in [0, 0.1) is 0 Å². The number of aryl methyl sites for hydroxylation is 2. The van der Waals surface area contributed by atoms with Gasteiger partial charge in [-0.15, -0.1) is 0 Å². The molecule has 0 aliphatic heterocycles. The molecule has 2 aromatic rings. The second-order valence-electron chi connectivity index (χ2n) is 4.51. The Hall–Kier alpha value is -1.67. The molecule has 0 atom stereocenters. The van der Waals surface area contributed by atoms with Crippen molar-refractivity contribution in [2.75, 3.05) is 6.61 Å². The molecule has 1 N–H and O–H groups in total. The summed E-state index contributed by atoms with van der Waals surface area (Å²) < 4.78 is 2.00. The Kier molecular flexibility index (Phi) is 4.91. The van der Waals surface area contributed by atoms with Crippen molar-refractivity contribution in [1.29, 1.82) is 0 Å². The van der Waals surface area contributed by atoms with E-state index < -0.39 is 0 Å². The molecule has 0 spiro atoms. The van der Waals surface area contributed by atoms with Crippen LogP contribution < -0.4 is 4.57 Å². The predicted octanol–water partition coefficient (Wildman–Crippen LogP) is 2.14. The molecule has 2 nitrogen and oxygen atoms in total. The van der Waals surface area contributed by atoms with Gasteiger partial charge in [0, 0.05) is 12.1 Å². The Morgan fingerprint density at radius 3 is 2.06 bits per heavy atom. The van der Waals surface area contributed by atoms with Crippen LogP contribution in [0.5, 0.6) is 0 Å². The SMILES string of the molecule is OCC[n+]1ccc(CCCc2ccccc2)cc1. The van der Waals surface area contributed by atoms with Gasteiger partial charge in [0.15, 0.2) is 18.9 Å². The fraction of sp³-hybridized carbons (Fsp3) is 0.312. The molecule has 1 aromatic carbocycles. The number of nitrogens with zero attached hydrogens (tertiary/aromatic N) is 1. The number of rotatable bonds is 6. The van der Waals surface area contributed by atoms with Gasteiger partial charge in [-0.2, -0.15) is 0 Å². The lowest BCUT2D eigenvalue weighted by molar-refractivity contribution is -0.698. The van der Waals surface area contributed by atoms with Crippen LogP contribution in [0.1, 0.15) is 17.5 Å². The smallest absolute Gasteiger partial charge is 0.171 e.